The fourth-order valence-corrected chi connectivity index (χ4v) is 3.50. The maximum absolute atomic E-state index is 12.8. The number of carbonyl (C=O) groups is 2. The van der Waals surface area contributed by atoms with Gasteiger partial charge in [0.1, 0.15) is 12.4 Å². The number of rotatable bonds is 5. The molecule has 1 saturated heterocycles. The minimum absolute atomic E-state index is 0.00961. The van der Waals surface area contributed by atoms with Crippen LogP contribution < -0.4 is 9.64 Å². The highest BCUT2D eigenvalue weighted by molar-refractivity contribution is 5.96. The Bertz CT molecular complexity index is 688. The van der Waals surface area contributed by atoms with Crippen LogP contribution in [0.1, 0.15) is 30.1 Å². The van der Waals surface area contributed by atoms with E-state index in [1.54, 1.807) is 4.90 Å². The van der Waals surface area contributed by atoms with Crippen molar-refractivity contribution >= 4 is 17.5 Å². The topological polar surface area (TPSA) is 62.3 Å². The van der Waals surface area contributed by atoms with Crippen molar-refractivity contribution in [3.05, 3.63) is 23.8 Å². The van der Waals surface area contributed by atoms with Gasteiger partial charge in [0.2, 0.25) is 5.91 Å². The summed E-state index contributed by atoms with van der Waals surface area (Å²) in [5.74, 6) is 0.873. The molecule has 7 heteroatoms. The highest BCUT2D eigenvalue weighted by Crippen LogP contribution is 2.35. The lowest BCUT2D eigenvalue weighted by Crippen LogP contribution is -2.44. The van der Waals surface area contributed by atoms with Gasteiger partial charge in [-0.3, -0.25) is 9.59 Å². The highest BCUT2D eigenvalue weighted by atomic mass is 16.5. The highest BCUT2D eigenvalue weighted by Gasteiger charge is 2.29. The SMILES string of the molecule is CCCN(C)C(=O)C[C@@H]1COc2ccc(C(=O)N3CCOCC3)cc2N1C. The molecule has 0 saturated carbocycles. The minimum atomic E-state index is -0.0435. The van der Waals surface area contributed by atoms with Crippen molar-refractivity contribution in [3.63, 3.8) is 0 Å². The second-order valence-corrected chi connectivity index (χ2v) is 7.18. The van der Waals surface area contributed by atoms with Crippen molar-refractivity contribution in [1.29, 1.82) is 0 Å². The summed E-state index contributed by atoms with van der Waals surface area (Å²) in [6, 6.07) is 5.49. The van der Waals surface area contributed by atoms with Crippen LogP contribution in [0, 0.1) is 0 Å². The summed E-state index contributed by atoms with van der Waals surface area (Å²) in [4.78, 5) is 30.8. The van der Waals surface area contributed by atoms with Crippen LogP contribution in [0.15, 0.2) is 18.2 Å². The Morgan fingerprint density at radius 2 is 2.00 bits per heavy atom. The van der Waals surface area contributed by atoms with Gasteiger partial charge >= 0.3 is 0 Å². The number of anilines is 1. The van der Waals surface area contributed by atoms with Gasteiger partial charge in [-0.1, -0.05) is 6.92 Å². The van der Waals surface area contributed by atoms with Gasteiger partial charge in [-0.15, -0.1) is 0 Å². The lowest BCUT2D eigenvalue weighted by Gasteiger charge is -2.36. The smallest absolute Gasteiger partial charge is 0.254 e. The van der Waals surface area contributed by atoms with Crippen LogP contribution in [0.3, 0.4) is 0 Å². The first-order valence-electron chi connectivity index (χ1n) is 9.62. The van der Waals surface area contributed by atoms with Gasteiger partial charge in [0, 0.05) is 39.3 Å². The largest absolute Gasteiger partial charge is 0.489 e. The van der Waals surface area contributed by atoms with E-state index in [-0.39, 0.29) is 17.9 Å². The molecule has 2 aliphatic heterocycles. The molecule has 2 aliphatic rings. The molecule has 0 N–H and O–H groups in total. The molecule has 0 unspecified atom stereocenters. The lowest BCUT2D eigenvalue weighted by molar-refractivity contribution is -0.130. The summed E-state index contributed by atoms with van der Waals surface area (Å²) in [5.41, 5.74) is 1.50. The molecular formula is C20H29N3O4. The quantitative estimate of drug-likeness (QED) is 0.783. The summed E-state index contributed by atoms with van der Waals surface area (Å²) in [6.07, 6.45) is 1.34. The van der Waals surface area contributed by atoms with Crippen LogP contribution in [0.4, 0.5) is 5.69 Å². The molecule has 3 rings (SSSR count). The Kier molecular flexibility index (Phi) is 6.21. The van der Waals surface area contributed by atoms with Gasteiger partial charge in [0.25, 0.3) is 5.91 Å². The Hall–Kier alpha value is -2.28. The molecule has 2 amide bonds. The molecule has 1 fully saturated rings. The first-order chi connectivity index (χ1) is 13.0. The summed E-state index contributed by atoms with van der Waals surface area (Å²) in [7, 11) is 3.80. The third kappa shape index (κ3) is 4.35. The van der Waals surface area contributed by atoms with Crippen molar-refractivity contribution in [3.8, 4) is 5.75 Å². The Labute approximate surface area is 160 Å². The Morgan fingerprint density at radius 3 is 2.70 bits per heavy atom. The van der Waals surface area contributed by atoms with E-state index in [2.05, 4.69) is 11.8 Å². The van der Waals surface area contributed by atoms with Gasteiger partial charge in [-0.25, -0.2) is 0 Å². The lowest BCUT2D eigenvalue weighted by atomic mass is 10.1. The van der Waals surface area contributed by atoms with E-state index in [1.165, 1.54) is 0 Å². The molecule has 0 aromatic heterocycles. The molecule has 0 aliphatic carbocycles. The second kappa shape index (κ2) is 8.61. The molecule has 27 heavy (non-hydrogen) atoms. The molecular weight excluding hydrogens is 346 g/mol. The zero-order valence-corrected chi connectivity index (χ0v) is 16.4. The fourth-order valence-electron chi connectivity index (χ4n) is 3.50. The molecule has 0 bridgehead atoms. The minimum Gasteiger partial charge on any atom is -0.489 e. The normalized spacial score (nSPS) is 19.3. The van der Waals surface area contributed by atoms with Crippen molar-refractivity contribution in [2.24, 2.45) is 0 Å². The molecule has 0 radical (unpaired) electrons. The van der Waals surface area contributed by atoms with E-state index in [4.69, 9.17) is 9.47 Å². The molecule has 0 spiro atoms. The maximum atomic E-state index is 12.8. The van der Waals surface area contributed by atoms with Crippen LogP contribution in [0.5, 0.6) is 5.75 Å². The summed E-state index contributed by atoms with van der Waals surface area (Å²) in [5, 5.41) is 0. The zero-order chi connectivity index (χ0) is 19.4. The number of ether oxygens (including phenoxy) is 2. The molecule has 2 heterocycles. The first-order valence-corrected chi connectivity index (χ1v) is 9.62. The molecule has 1 aromatic carbocycles. The predicted octanol–water partition coefficient (Wildman–Crippen LogP) is 1.61. The Balaban J connectivity index is 1.73. The van der Waals surface area contributed by atoms with Gasteiger partial charge in [0.05, 0.1) is 31.4 Å². The standard InChI is InChI=1S/C20H29N3O4/c1-4-7-21(2)19(24)13-16-14-27-18-6-5-15(12-17(18)22(16)3)20(25)23-8-10-26-11-9-23/h5-6,12,16H,4,7-11,13-14H2,1-3H3/t16-/m1/s1. The first kappa shape index (κ1) is 19.5. The number of hydrogen-bond acceptors (Lipinski definition) is 5. The van der Waals surface area contributed by atoms with Crippen molar-refractivity contribution in [1.82, 2.24) is 9.80 Å². The van der Waals surface area contributed by atoms with Crippen LogP contribution in [0.25, 0.3) is 0 Å². The predicted molar refractivity (Wildman–Crippen MR) is 103 cm³/mol. The van der Waals surface area contributed by atoms with E-state index in [9.17, 15) is 9.59 Å². The summed E-state index contributed by atoms with van der Waals surface area (Å²) < 4.78 is 11.2. The third-order valence-corrected chi connectivity index (χ3v) is 5.26. The van der Waals surface area contributed by atoms with E-state index in [0.717, 1.165) is 24.4 Å². The zero-order valence-electron chi connectivity index (χ0n) is 16.4. The average Bonchev–Trinajstić information content (AvgIpc) is 2.70. The van der Waals surface area contributed by atoms with Crippen LogP contribution >= 0.6 is 0 Å². The fraction of sp³-hybridized carbons (Fsp3) is 0.600. The van der Waals surface area contributed by atoms with Gasteiger partial charge in [-0.2, -0.15) is 0 Å². The number of benzene rings is 1. The maximum Gasteiger partial charge on any atom is 0.254 e. The van der Waals surface area contributed by atoms with Crippen LogP contribution in [-0.4, -0.2) is 81.2 Å². The van der Waals surface area contributed by atoms with E-state index >= 15 is 0 Å². The number of morpholine rings is 1. The van der Waals surface area contributed by atoms with Crippen molar-refractivity contribution < 1.29 is 19.1 Å². The number of nitrogens with zero attached hydrogens (tertiary/aromatic N) is 3. The third-order valence-electron chi connectivity index (χ3n) is 5.26. The van der Waals surface area contributed by atoms with Crippen LogP contribution in [0.2, 0.25) is 0 Å². The van der Waals surface area contributed by atoms with Gasteiger partial charge in [0.15, 0.2) is 0 Å². The number of likely N-dealkylation sites (N-methyl/N-ethyl adjacent to an activating group) is 1. The van der Waals surface area contributed by atoms with E-state index in [0.29, 0.717) is 44.9 Å². The molecule has 1 atom stereocenters. The molecule has 1 aromatic rings. The number of amides is 2. The van der Waals surface area contributed by atoms with E-state index in [1.807, 2.05) is 37.2 Å². The van der Waals surface area contributed by atoms with Crippen molar-refractivity contribution in [2.75, 3.05) is 58.5 Å². The Morgan fingerprint density at radius 1 is 1.26 bits per heavy atom. The summed E-state index contributed by atoms with van der Waals surface area (Å²) in [6.45, 7) is 5.66. The average molecular weight is 375 g/mol. The van der Waals surface area contributed by atoms with E-state index < -0.39 is 0 Å². The second-order valence-electron chi connectivity index (χ2n) is 7.18. The number of fused-ring (bicyclic) bond motifs is 1. The number of carbonyl (C=O) groups excluding carboxylic acids is 2. The van der Waals surface area contributed by atoms with Gasteiger partial charge in [-0.05, 0) is 24.6 Å². The molecule has 148 valence electrons. The number of hydrogen-bond donors (Lipinski definition) is 0. The van der Waals surface area contributed by atoms with Gasteiger partial charge < -0.3 is 24.2 Å². The molecule has 7 nitrogen and oxygen atoms in total. The summed E-state index contributed by atoms with van der Waals surface area (Å²) >= 11 is 0. The van der Waals surface area contributed by atoms with Crippen molar-refractivity contribution in [2.45, 2.75) is 25.8 Å². The van der Waals surface area contributed by atoms with Crippen LogP contribution in [-0.2, 0) is 9.53 Å². The monoisotopic (exact) mass is 375 g/mol.